The Kier molecular flexibility index (Phi) is 4.64. The monoisotopic (exact) mass is 288 g/mol. The molecule has 0 radical (unpaired) electrons. The molecule has 0 aliphatic heterocycles. The Morgan fingerprint density at radius 2 is 2.19 bits per heavy atom. The Morgan fingerprint density at radius 3 is 2.76 bits per heavy atom. The van der Waals surface area contributed by atoms with E-state index in [-0.39, 0.29) is 17.7 Å². The molecule has 1 amide bonds. The Balaban J connectivity index is 2.19. The van der Waals surface area contributed by atoms with E-state index in [1.807, 2.05) is 38.1 Å². The minimum Gasteiger partial charge on any atom is -0.330 e. The van der Waals surface area contributed by atoms with E-state index in [2.05, 4.69) is 20.8 Å². The summed E-state index contributed by atoms with van der Waals surface area (Å²) >= 11 is 0. The smallest absolute Gasteiger partial charge is 0.229 e. The molecule has 0 aliphatic carbocycles. The van der Waals surface area contributed by atoms with Crippen molar-refractivity contribution >= 4 is 11.6 Å². The summed E-state index contributed by atoms with van der Waals surface area (Å²) < 4.78 is 1.58. The van der Waals surface area contributed by atoms with Crippen LogP contribution in [0.4, 0.5) is 5.69 Å². The molecule has 0 spiro atoms. The van der Waals surface area contributed by atoms with Gasteiger partial charge in [0.2, 0.25) is 5.91 Å². The lowest BCUT2D eigenvalue weighted by atomic mass is 9.95. The van der Waals surface area contributed by atoms with Gasteiger partial charge in [-0.05, 0) is 28.5 Å². The Bertz CT molecular complexity index is 621. The van der Waals surface area contributed by atoms with Crippen molar-refractivity contribution in [2.24, 2.45) is 24.6 Å². The number of aryl methyl sites for hydroxylation is 1. The molecule has 1 aromatic carbocycles. The number of carbonyl (C=O) groups is 1. The second-order valence-corrected chi connectivity index (χ2v) is 5.28. The van der Waals surface area contributed by atoms with Gasteiger partial charge in [0.05, 0.1) is 5.92 Å². The summed E-state index contributed by atoms with van der Waals surface area (Å²) in [5.74, 6) is 0.567. The first kappa shape index (κ1) is 15.1. The fourth-order valence-electron chi connectivity index (χ4n) is 2.13. The quantitative estimate of drug-likeness (QED) is 0.856. The van der Waals surface area contributed by atoms with Crippen molar-refractivity contribution in [1.82, 2.24) is 20.2 Å². The third-order valence-corrected chi connectivity index (χ3v) is 3.40. The van der Waals surface area contributed by atoms with Crippen LogP contribution in [0.2, 0.25) is 0 Å². The summed E-state index contributed by atoms with van der Waals surface area (Å²) in [5.41, 5.74) is 7.21. The van der Waals surface area contributed by atoms with E-state index in [1.165, 1.54) is 0 Å². The highest BCUT2D eigenvalue weighted by molar-refractivity contribution is 5.93. The highest BCUT2D eigenvalue weighted by Crippen LogP contribution is 2.20. The number of nitrogens with zero attached hydrogens (tertiary/aromatic N) is 4. The van der Waals surface area contributed by atoms with Crippen LogP contribution in [0.1, 0.15) is 13.8 Å². The first-order valence-corrected chi connectivity index (χ1v) is 6.86. The van der Waals surface area contributed by atoms with Gasteiger partial charge < -0.3 is 11.1 Å². The maximum absolute atomic E-state index is 12.2. The van der Waals surface area contributed by atoms with E-state index in [9.17, 15) is 4.79 Å². The zero-order valence-electron chi connectivity index (χ0n) is 12.4. The predicted octanol–water partition coefficient (Wildman–Crippen LogP) is 1.05. The molecule has 3 N–H and O–H groups in total. The molecule has 2 rings (SSSR count). The van der Waals surface area contributed by atoms with Crippen molar-refractivity contribution in [2.45, 2.75) is 13.8 Å². The van der Waals surface area contributed by atoms with Crippen LogP contribution in [-0.4, -0.2) is 32.7 Å². The summed E-state index contributed by atoms with van der Waals surface area (Å²) in [7, 11) is 1.77. The third kappa shape index (κ3) is 3.43. The van der Waals surface area contributed by atoms with E-state index >= 15 is 0 Å². The van der Waals surface area contributed by atoms with Gasteiger partial charge >= 0.3 is 0 Å². The number of amides is 1. The molecule has 0 saturated heterocycles. The second kappa shape index (κ2) is 6.45. The average molecular weight is 288 g/mol. The lowest BCUT2D eigenvalue weighted by molar-refractivity contribution is -0.120. The Labute approximate surface area is 123 Å². The summed E-state index contributed by atoms with van der Waals surface area (Å²) in [4.78, 5) is 12.2. The van der Waals surface area contributed by atoms with Crippen molar-refractivity contribution in [3.63, 3.8) is 0 Å². The fraction of sp³-hybridized carbons (Fsp3) is 0.429. The van der Waals surface area contributed by atoms with Gasteiger partial charge in [-0.25, -0.2) is 4.68 Å². The molecule has 2 aromatic rings. The maximum Gasteiger partial charge on any atom is 0.229 e. The van der Waals surface area contributed by atoms with Gasteiger partial charge in [-0.3, -0.25) is 4.79 Å². The molecule has 1 atom stereocenters. The van der Waals surface area contributed by atoms with Gasteiger partial charge in [0, 0.05) is 24.8 Å². The number of hydrogen-bond acceptors (Lipinski definition) is 5. The molecular formula is C14H20N6O. The van der Waals surface area contributed by atoms with Crippen LogP contribution < -0.4 is 11.1 Å². The number of hydrogen-bond donors (Lipinski definition) is 2. The van der Waals surface area contributed by atoms with Crippen LogP contribution >= 0.6 is 0 Å². The van der Waals surface area contributed by atoms with E-state index in [1.54, 1.807) is 11.7 Å². The number of benzene rings is 1. The van der Waals surface area contributed by atoms with E-state index in [0.29, 0.717) is 18.1 Å². The minimum atomic E-state index is -0.204. The third-order valence-electron chi connectivity index (χ3n) is 3.40. The number of aromatic nitrogens is 4. The van der Waals surface area contributed by atoms with Gasteiger partial charge in [0.1, 0.15) is 0 Å². The molecule has 1 unspecified atom stereocenters. The second-order valence-electron chi connectivity index (χ2n) is 5.28. The van der Waals surface area contributed by atoms with Crippen LogP contribution in [-0.2, 0) is 11.8 Å². The summed E-state index contributed by atoms with van der Waals surface area (Å²) in [5, 5.41) is 14.3. The number of nitrogens with two attached hydrogens (primary N) is 1. The zero-order chi connectivity index (χ0) is 15.4. The van der Waals surface area contributed by atoms with Crippen molar-refractivity contribution in [3.8, 4) is 11.4 Å². The number of anilines is 1. The molecule has 7 nitrogen and oxygen atoms in total. The lowest BCUT2D eigenvalue weighted by Gasteiger charge is -2.18. The average Bonchev–Trinajstić information content (AvgIpc) is 2.85. The maximum atomic E-state index is 12.2. The number of tetrazole rings is 1. The molecule has 21 heavy (non-hydrogen) atoms. The number of nitrogens with one attached hydrogen (secondary N) is 1. The number of rotatable bonds is 5. The normalized spacial score (nSPS) is 12.4. The predicted molar refractivity (Wildman–Crippen MR) is 80.2 cm³/mol. The first-order chi connectivity index (χ1) is 10.0. The van der Waals surface area contributed by atoms with E-state index < -0.39 is 0 Å². The minimum absolute atomic E-state index is 0.0688. The highest BCUT2D eigenvalue weighted by Gasteiger charge is 2.20. The Hall–Kier alpha value is -2.28. The number of carbonyl (C=O) groups excluding carboxylic acids is 1. The zero-order valence-corrected chi connectivity index (χ0v) is 12.4. The van der Waals surface area contributed by atoms with Crippen molar-refractivity contribution < 1.29 is 4.79 Å². The summed E-state index contributed by atoms with van der Waals surface area (Å²) in [6, 6.07) is 7.42. The van der Waals surface area contributed by atoms with Crippen LogP contribution in [0, 0.1) is 11.8 Å². The highest BCUT2D eigenvalue weighted by atomic mass is 16.1. The molecule has 0 saturated carbocycles. The standard InChI is InChI=1S/C14H20N6O/c1-9(2)12(8-15)14(21)16-11-6-4-5-10(7-11)13-17-18-19-20(13)3/h4-7,9,12H,8,15H2,1-3H3,(H,16,21). The molecule has 1 aromatic heterocycles. The van der Waals surface area contributed by atoms with Gasteiger partial charge in [0.15, 0.2) is 5.82 Å². The summed E-state index contributed by atoms with van der Waals surface area (Å²) in [6.45, 7) is 4.30. The molecule has 0 aliphatic rings. The van der Waals surface area contributed by atoms with Gasteiger partial charge in [-0.2, -0.15) is 0 Å². The fourth-order valence-corrected chi connectivity index (χ4v) is 2.13. The largest absolute Gasteiger partial charge is 0.330 e. The van der Waals surface area contributed by atoms with Gasteiger partial charge in [-0.15, -0.1) is 5.10 Å². The lowest BCUT2D eigenvalue weighted by Crippen LogP contribution is -2.33. The van der Waals surface area contributed by atoms with Crippen LogP contribution in [0.5, 0.6) is 0 Å². The van der Waals surface area contributed by atoms with Crippen molar-refractivity contribution in [3.05, 3.63) is 24.3 Å². The van der Waals surface area contributed by atoms with Crippen LogP contribution in [0.15, 0.2) is 24.3 Å². The van der Waals surface area contributed by atoms with Gasteiger partial charge in [0.25, 0.3) is 0 Å². The molecule has 1 heterocycles. The topological polar surface area (TPSA) is 98.7 Å². The first-order valence-electron chi connectivity index (χ1n) is 6.86. The Morgan fingerprint density at radius 1 is 1.43 bits per heavy atom. The van der Waals surface area contributed by atoms with Gasteiger partial charge in [-0.1, -0.05) is 26.0 Å². The summed E-state index contributed by atoms with van der Waals surface area (Å²) in [6.07, 6.45) is 0. The molecule has 7 heteroatoms. The van der Waals surface area contributed by atoms with Crippen LogP contribution in [0.25, 0.3) is 11.4 Å². The molecule has 112 valence electrons. The molecule has 0 fully saturated rings. The van der Waals surface area contributed by atoms with E-state index in [4.69, 9.17) is 5.73 Å². The van der Waals surface area contributed by atoms with Crippen molar-refractivity contribution in [1.29, 1.82) is 0 Å². The van der Waals surface area contributed by atoms with Crippen LogP contribution in [0.3, 0.4) is 0 Å². The van der Waals surface area contributed by atoms with Crippen molar-refractivity contribution in [2.75, 3.05) is 11.9 Å². The van der Waals surface area contributed by atoms with E-state index in [0.717, 1.165) is 5.56 Å². The molecular weight excluding hydrogens is 268 g/mol. The molecule has 0 bridgehead atoms. The SMILES string of the molecule is CC(C)C(CN)C(=O)Nc1cccc(-c2nnnn2C)c1.